The molecule has 0 bridgehead atoms. The first-order valence-electron chi connectivity index (χ1n) is 4.75. The van der Waals surface area contributed by atoms with Crippen LogP contribution in [0.1, 0.15) is 25.7 Å². The first kappa shape index (κ1) is 14.2. The highest BCUT2D eigenvalue weighted by Crippen LogP contribution is 1.95. The third-order valence-electron chi connectivity index (χ3n) is 1.51. The monoisotopic (exact) mass is 234 g/mol. The lowest BCUT2D eigenvalue weighted by molar-refractivity contribution is -0.138. The number of carboxylic acids is 2. The maximum Gasteiger partial charge on any atom is 0.508 e. The van der Waals surface area contributed by atoms with Crippen molar-refractivity contribution in [2.75, 3.05) is 13.2 Å². The number of carboxylic acid groups (broad SMARTS) is 2. The Morgan fingerprint density at radius 1 is 0.812 bits per heavy atom. The van der Waals surface area contributed by atoms with Crippen LogP contribution in [0.2, 0.25) is 0 Å². The van der Waals surface area contributed by atoms with E-state index in [4.69, 9.17) is 10.2 Å². The van der Waals surface area contributed by atoms with Crippen LogP contribution in [0.5, 0.6) is 0 Å². The van der Waals surface area contributed by atoms with Gasteiger partial charge in [-0.15, -0.1) is 0 Å². The first-order chi connectivity index (χ1) is 7.52. The van der Waals surface area contributed by atoms with Crippen LogP contribution in [0.25, 0.3) is 0 Å². The number of carbonyl (C=O) groups excluding carboxylic acids is 1. The second kappa shape index (κ2) is 8.51. The Morgan fingerprint density at radius 3 is 1.50 bits per heavy atom. The molecule has 0 rings (SSSR count). The number of carbonyl (C=O) groups is 3. The number of hydrogen-bond donors (Lipinski definition) is 2. The summed E-state index contributed by atoms with van der Waals surface area (Å²) in [5, 5.41) is 16.6. The Bertz CT molecular complexity index is 224. The summed E-state index contributed by atoms with van der Waals surface area (Å²) in [5.74, 6) is -1.92. The molecule has 0 amide bonds. The second-order valence-electron chi connectivity index (χ2n) is 2.94. The predicted octanol–water partition coefficient (Wildman–Crippen LogP) is 0.869. The zero-order valence-electron chi connectivity index (χ0n) is 8.68. The van der Waals surface area contributed by atoms with Crippen LogP contribution in [0.3, 0.4) is 0 Å². The summed E-state index contributed by atoms with van der Waals surface area (Å²) in [6, 6.07) is 0. The molecule has 0 aromatic heterocycles. The van der Waals surface area contributed by atoms with Gasteiger partial charge in [0.2, 0.25) is 0 Å². The molecule has 0 saturated carbocycles. The lowest BCUT2D eigenvalue weighted by Crippen LogP contribution is -2.11. The third kappa shape index (κ3) is 10.3. The van der Waals surface area contributed by atoms with E-state index in [1.165, 1.54) is 0 Å². The normalized spacial score (nSPS) is 9.50. The van der Waals surface area contributed by atoms with Crippen molar-refractivity contribution in [3.63, 3.8) is 0 Å². The van der Waals surface area contributed by atoms with Crippen molar-refractivity contribution in [1.82, 2.24) is 0 Å². The fourth-order valence-electron chi connectivity index (χ4n) is 0.799. The number of aliphatic carboxylic acids is 2. The van der Waals surface area contributed by atoms with Crippen LogP contribution in [-0.2, 0) is 19.1 Å². The van der Waals surface area contributed by atoms with E-state index in [-0.39, 0.29) is 38.9 Å². The van der Waals surface area contributed by atoms with E-state index in [1.807, 2.05) is 0 Å². The molecule has 0 aliphatic heterocycles. The van der Waals surface area contributed by atoms with Crippen molar-refractivity contribution in [2.24, 2.45) is 0 Å². The van der Waals surface area contributed by atoms with E-state index in [2.05, 4.69) is 9.47 Å². The van der Waals surface area contributed by atoms with Crippen molar-refractivity contribution in [3.05, 3.63) is 0 Å². The van der Waals surface area contributed by atoms with Crippen molar-refractivity contribution >= 4 is 18.1 Å². The summed E-state index contributed by atoms with van der Waals surface area (Å²) in [7, 11) is 0. The van der Waals surface area contributed by atoms with Gasteiger partial charge in [-0.3, -0.25) is 9.59 Å². The van der Waals surface area contributed by atoms with Crippen LogP contribution in [0.15, 0.2) is 0 Å². The molecule has 0 spiro atoms. The maximum absolute atomic E-state index is 10.8. The van der Waals surface area contributed by atoms with Gasteiger partial charge in [-0.05, 0) is 12.8 Å². The van der Waals surface area contributed by atoms with Gasteiger partial charge in [0.05, 0.1) is 13.2 Å². The van der Waals surface area contributed by atoms with Crippen molar-refractivity contribution in [3.8, 4) is 0 Å². The maximum atomic E-state index is 10.8. The van der Waals surface area contributed by atoms with Crippen LogP contribution < -0.4 is 0 Å². The minimum Gasteiger partial charge on any atom is -0.481 e. The van der Waals surface area contributed by atoms with E-state index in [9.17, 15) is 14.4 Å². The molecule has 0 radical (unpaired) electrons. The number of ether oxygens (including phenoxy) is 2. The highest BCUT2D eigenvalue weighted by Gasteiger charge is 2.05. The van der Waals surface area contributed by atoms with Gasteiger partial charge >= 0.3 is 18.1 Å². The third-order valence-corrected chi connectivity index (χ3v) is 1.51. The quantitative estimate of drug-likeness (QED) is 0.473. The van der Waals surface area contributed by atoms with Gasteiger partial charge in [0.1, 0.15) is 0 Å². The zero-order valence-corrected chi connectivity index (χ0v) is 8.68. The van der Waals surface area contributed by atoms with Crippen molar-refractivity contribution in [1.29, 1.82) is 0 Å². The van der Waals surface area contributed by atoms with Crippen molar-refractivity contribution < 1.29 is 34.1 Å². The van der Waals surface area contributed by atoms with Crippen molar-refractivity contribution in [2.45, 2.75) is 25.7 Å². The van der Waals surface area contributed by atoms with Gasteiger partial charge in [-0.2, -0.15) is 0 Å². The highest BCUT2D eigenvalue weighted by atomic mass is 16.7. The summed E-state index contributed by atoms with van der Waals surface area (Å²) >= 11 is 0. The van der Waals surface area contributed by atoms with E-state index in [0.29, 0.717) is 0 Å². The fraction of sp³-hybridized carbons (Fsp3) is 0.667. The standard InChI is InChI=1S/C9H14O7/c10-7(11)3-1-5-15-9(14)16-6-2-4-8(12)13/h1-6H2,(H,10,11)(H,12,13). The van der Waals surface area contributed by atoms with Crippen LogP contribution >= 0.6 is 0 Å². The van der Waals surface area contributed by atoms with Gasteiger partial charge in [0, 0.05) is 12.8 Å². The molecule has 0 atom stereocenters. The Kier molecular flexibility index (Phi) is 7.56. The predicted molar refractivity (Wildman–Crippen MR) is 51.0 cm³/mol. The molecule has 0 aliphatic rings. The molecule has 7 nitrogen and oxygen atoms in total. The lowest BCUT2D eigenvalue weighted by atomic mass is 10.3. The van der Waals surface area contributed by atoms with Gasteiger partial charge < -0.3 is 19.7 Å². The number of hydrogen-bond acceptors (Lipinski definition) is 5. The summed E-state index contributed by atoms with van der Waals surface area (Å²) in [4.78, 5) is 31.0. The van der Waals surface area contributed by atoms with Gasteiger partial charge in [0.15, 0.2) is 0 Å². The van der Waals surface area contributed by atoms with Crippen LogP contribution in [0.4, 0.5) is 4.79 Å². The highest BCUT2D eigenvalue weighted by molar-refractivity contribution is 5.67. The minimum atomic E-state index is -0.960. The van der Waals surface area contributed by atoms with E-state index in [0.717, 1.165) is 0 Å². The van der Waals surface area contributed by atoms with Crippen LogP contribution in [-0.4, -0.2) is 41.5 Å². The zero-order chi connectivity index (χ0) is 12.4. The fourth-order valence-corrected chi connectivity index (χ4v) is 0.799. The molecule has 0 unspecified atom stereocenters. The molecule has 0 aromatic carbocycles. The first-order valence-corrected chi connectivity index (χ1v) is 4.75. The second-order valence-corrected chi connectivity index (χ2v) is 2.94. The Balaban J connectivity index is 3.31. The molecule has 0 heterocycles. The molecule has 0 aliphatic carbocycles. The summed E-state index contributed by atoms with van der Waals surface area (Å²) in [6.45, 7) is -0.0475. The molecule has 2 N–H and O–H groups in total. The molecule has 92 valence electrons. The average molecular weight is 234 g/mol. The average Bonchev–Trinajstić information content (AvgIpc) is 2.19. The molecular formula is C9H14O7. The van der Waals surface area contributed by atoms with E-state index in [1.54, 1.807) is 0 Å². The van der Waals surface area contributed by atoms with Gasteiger partial charge in [0.25, 0.3) is 0 Å². The SMILES string of the molecule is O=C(O)CCCOC(=O)OCCCC(=O)O. The topological polar surface area (TPSA) is 110 Å². The summed E-state index contributed by atoms with van der Waals surface area (Å²) in [5.41, 5.74) is 0. The molecule has 0 aromatic rings. The largest absolute Gasteiger partial charge is 0.508 e. The number of rotatable bonds is 8. The molecular weight excluding hydrogens is 220 g/mol. The Morgan fingerprint density at radius 2 is 1.19 bits per heavy atom. The van der Waals surface area contributed by atoms with E-state index < -0.39 is 18.1 Å². The summed E-state index contributed by atoms with van der Waals surface area (Å²) < 4.78 is 9.06. The molecule has 0 saturated heterocycles. The molecule has 16 heavy (non-hydrogen) atoms. The van der Waals surface area contributed by atoms with Gasteiger partial charge in [-0.25, -0.2) is 4.79 Å². The minimum absolute atomic E-state index is 0.0237. The molecule has 7 heteroatoms. The Labute approximate surface area is 92.0 Å². The lowest BCUT2D eigenvalue weighted by Gasteiger charge is -2.04. The smallest absolute Gasteiger partial charge is 0.481 e. The molecule has 0 fully saturated rings. The van der Waals surface area contributed by atoms with E-state index >= 15 is 0 Å². The van der Waals surface area contributed by atoms with Gasteiger partial charge in [-0.1, -0.05) is 0 Å². The van der Waals surface area contributed by atoms with Crippen LogP contribution in [0, 0.1) is 0 Å². The Hall–Kier alpha value is -1.79. The summed E-state index contributed by atoms with van der Waals surface area (Å²) in [6.07, 6.45) is -0.617.